The fourth-order valence-corrected chi connectivity index (χ4v) is 2.95. The monoisotopic (exact) mass is 393 g/mol. The van der Waals surface area contributed by atoms with E-state index in [0.717, 1.165) is 4.90 Å². The van der Waals surface area contributed by atoms with Crippen LogP contribution in [0.1, 0.15) is 46.0 Å². The molecule has 28 heavy (non-hydrogen) atoms. The summed E-state index contributed by atoms with van der Waals surface area (Å²) in [5.41, 5.74) is 1.26. The summed E-state index contributed by atoms with van der Waals surface area (Å²) in [6, 6.07) is -0.601. The highest BCUT2D eigenvalue weighted by Gasteiger charge is 2.36. The molecule has 2 rings (SSSR count). The molecular weight excluding hydrogens is 370 g/mol. The van der Waals surface area contributed by atoms with E-state index in [4.69, 9.17) is 9.47 Å². The Bertz CT molecular complexity index is 842. The summed E-state index contributed by atoms with van der Waals surface area (Å²) >= 11 is 0. The number of carbonyl (C=O) groups is 5. The van der Waals surface area contributed by atoms with Crippen molar-refractivity contribution in [1.29, 1.82) is 0 Å². The molecule has 0 aliphatic carbocycles. The molecule has 0 unspecified atom stereocenters. The number of rotatable bonds is 7. The van der Waals surface area contributed by atoms with Gasteiger partial charge in [-0.2, -0.15) is 0 Å². The van der Waals surface area contributed by atoms with Gasteiger partial charge < -0.3 is 19.4 Å². The minimum atomic E-state index is -1.18. The largest absolute Gasteiger partial charge is 0.462 e. The minimum Gasteiger partial charge on any atom is -0.462 e. The number of aromatic amines is 1. The van der Waals surface area contributed by atoms with Crippen LogP contribution in [0.15, 0.2) is 0 Å². The first-order valence-electron chi connectivity index (χ1n) is 8.73. The van der Waals surface area contributed by atoms with Crippen LogP contribution in [0.25, 0.3) is 0 Å². The van der Waals surface area contributed by atoms with Crippen LogP contribution in [0.4, 0.5) is 4.79 Å². The lowest BCUT2D eigenvalue weighted by atomic mass is 10.1. The van der Waals surface area contributed by atoms with Crippen molar-refractivity contribution in [3.8, 4) is 0 Å². The molecule has 1 aromatic heterocycles. The molecule has 0 spiro atoms. The highest BCUT2D eigenvalue weighted by Crippen LogP contribution is 2.21. The van der Waals surface area contributed by atoms with Crippen LogP contribution in [-0.2, 0) is 19.1 Å². The fourth-order valence-electron chi connectivity index (χ4n) is 2.95. The maximum Gasteiger partial charge on any atom is 0.340 e. The van der Waals surface area contributed by atoms with E-state index in [0.29, 0.717) is 11.3 Å². The van der Waals surface area contributed by atoms with Crippen LogP contribution < -0.4 is 0 Å². The predicted octanol–water partition coefficient (Wildman–Crippen LogP) is 0.817. The number of ketones is 1. The third kappa shape index (κ3) is 4.05. The van der Waals surface area contributed by atoms with E-state index in [9.17, 15) is 24.0 Å². The normalized spacial score (nSPS) is 15.0. The third-order valence-corrected chi connectivity index (χ3v) is 4.36. The molecule has 3 amide bonds. The van der Waals surface area contributed by atoms with Gasteiger partial charge in [0.2, 0.25) is 5.78 Å². The molecule has 1 aliphatic rings. The SMILES string of the molecule is CCOC(=O)c1c(C)[nH]c(C(=O)[C@H](C)OC(=O)CN2C(=O)CN(C)C2=O)c1C. The van der Waals surface area contributed by atoms with E-state index >= 15 is 0 Å². The number of Topliss-reactive ketones (excluding diaryl/α,β-unsaturated/α-hetero) is 1. The number of nitrogens with zero attached hydrogens (tertiary/aromatic N) is 2. The minimum absolute atomic E-state index is 0.113. The Hall–Kier alpha value is -3.17. The number of hydrogen-bond donors (Lipinski definition) is 1. The Morgan fingerprint density at radius 1 is 1.21 bits per heavy atom. The van der Waals surface area contributed by atoms with Crippen molar-refractivity contribution in [2.75, 3.05) is 26.7 Å². The molecule has 2 heterocycles. The molecule has 1 aromatic rings. The lowest BCUT2D eigenvalue weighted by molar-refractivity contribution is -0.149. The van der Waals surface area contributed by atoms with Crippen molar-refractivity contribution < 1.29 is 33.4 Å². The second-order valence-electron chi connectivity index (χ2n) is 6.46. The van der Waals surface area contributed by atoms with Gasteiger partial charge in [0.05, 0.1) is 17.9 Å². The molecule has 0 saturated carbocycles. The average Bonchev–Trinajstić information content (AvgIpc) is 3.04. The summed E-state index contributed by atoms with van der Waals surface area (Å²) in [7, 11) is 1.44. The molecule has 1 atom stereocenters. The highest BCUT2D eigenvalue weighted by atomic mass is 16.5. The Balaban J connectivity index is 2.08. The van der Waals surface area contributed by atoms with Gasteiger partial charge in [-0.3, -0.25) is 19.3 Å². The summed E-state index contributed by atoms with van der Waals surface area (Å²) in [5.74, 6) is -2.49. The number of nitrogens with one attached hydrogen (secondary N) is 1. The zero-order valence-electron chi connectivity index (χ0n) is 16.5. The van der Waals surface area contributed by atoms with Crippen molar-refractivity contribution in [2.45, 2.75) is 33.8 Å². The number of carbonyl (C=O) groups excluding carboxylic acids is 5. The summed E-state index contributed by atoms with van der Waals surface area (Å²) < 4.78 is 10.1. The van der Waals surface area contributed by atoms with Gasteiger partial charge in [0, 0.05) is 12.7 Å². The van der Waals surface area contributed by atoms with E-state index in [1.165, 1.54) is 18.9 Å². The molecular formula is C18H23N3O7. The standard InChI is InChI=1S/C18H23N3O7/c1-6-27-17(25)14-9(2)15(19-10(14)3)16(24)11(4)28-13(23)8-21-12(22)7-20(5)18(21)26/h11,19H,6-8H2,1-5H3/t11-/m0/s1. The molecule has 0 radical (unpaired) electrons. The summed E-state index contributed by atoms with van der Waals surface area (Å²) in [5, 5.41) is 0. The molecule has 10 heteroatoms. The van der Waals surface area contributed by atoms with Crippen LogP contribution in [0.3, 0.4) is 0 Å². The van der Waals surface area contributed by atoms with Gasteiger partial charge in [0.15, 0.2) is 6.10 Å². The van der Waals surface area contributed by atoms with Gasteiger partial charge in [-0.05, 0) is 33.3 Å². The molecule has 1 N–H and O–H groups in total. The van der Waals surface area contributed by atoms with Crippen molar-refractivity contribution >= 4 is 29.7 Å². The maximum absolute atomic E-state index is 12.6. The van der Waals surface area contributed by atoms with E-state index in [1.807, 2.05) is 0 Å². The van der Waals surface area contributed by atoms with Gasteiger partial charge in [0.25, 0.3) is 5.91 Å². The van der Waals surface area contributed by atoms with Crippen molar-refractivity contribution in [3.05, 3.63) is 22.5 Å². The zero-order chi connectivity index (χ0) is 21.2. The molecule has 1 aliphatic heterocycles. The fraction of sp³-hybridized carbons (Fsp3) is 0.500. The second-order valence-corrected chi connectivity index (χ2v) is 6.46. The summed E-state index contributed by atoms with van der Waals surface area (Å²) in [6.07, 6.45) is -1.18. The van der Waals surface area contributed by atoms with E-state index in [-0.39, 0.29) is 24.4 Å². The van der Waals surface area contributed by atoms with E-state index in [1.54, 1.807) is 20.8 Å². The second kappa shape index (κ2) is 8.24. The number of aryl methyl sites for hydroxylation is 1. The maximum atomic E-state index is 12.6. The van der Waals surface area contributed by atoms with Crippen LogP contribution in [0.2, 0.25) is 0 Å². The molecule has 0 aromatic carbocycles. The number of likely N-dealkylation sites (N-methyl/N-ethyl adjacent to an activating group) is 1. The Morgan fingerprint density at radius 3 is 2.39 bits per heavy atom. The molecule has 0 bridgehead atoms. The van der Waals surface area contributed by atoms with Crippen LogP contribution in [0, 0.1) is 13.8 Å². The first-order valence-corrected chi connectivity index (χ1v) is 8.73. The number of urea groups is 1. The van der Waals surface area contributed by atoms with Crippen LogP contribution in [-0.4, -0.2) is 77.3 Å². The Labute approximate surface area is 161 Å². The number of esters is 2. The van der Waals surface area contributed by atoms with Gasteiger partial charge >= 0.3 is 18.0 Å². The summed E-state index contributed by atoms with van der Waals surface area (Å²) in [6.45, 7) is 5.79. The summed E-state index contributed by atoms with van der Waals surface area (Å²) in [4.78, 5) is 65.0. The first-order chi connectivity index (χ1) is 13.1. The van der Waals surface area contributed by atoms with E-state index < -0.39 is 42.3 Å². The quantitative estimate of drug-likeness (QED) is 0.413. The Morgan fingerprint density at radius 2 is 1.86 bits per heavy atom. The van der Waals surface area contributed by atoms with Crippen LogP contribution in [0.5, 0.6) is 0 Å². The van der Waals surface area contributed by atoms with Crippen molar-refractivity contribution in [1.82, 2.24) is 14.8 Å². The smallest absolute Gasteiger partial charge is 0.340 e. The number of ether oxygens (including phenoxy) is 2. The zero-order valence-corrected chi connectivity index (χ0v) is 16.5. The molecule has 1 fully saturated rings. The number of hydrogen-bond acceptors (Lipinski definition) is 7. The van der Waals surface area contributed by atoms with Gasteiger partial charge in [-0.15, -0.1) is 0 Å². The van der Waals surface area contributed by atoms with Crippen molar-refractivity contribution in [3.63, 3.8) is 0 Å². The molecule has 152 valence electrons. The van der Waals surface area contributed by atoms with Crippen molar-refractivity contribution in [2.24, 2.45) is 0 Å². The lowest BCUT2D eigenvalue weighted by Gasteiger charge is -2.16. The highest BCUT2D eigenvalue weighted by molar-refractivity contribution is 6.05. The van der Waals surface area contributed by atoms with E-state index in [2.05, 4.69) is 4.98 Å². The number of H-pyrrole nitrogens is 1. The third-order valence-electron chi connectivity index (χ3n) is 4.36. The number of aromatic nitrogens is 1. The van der Waals surface area contributed by atoms with Gasteiger partial charge in [-0.1, -0.05) is 0 Å². The number of amides is 3. The molecule has 1 saturated heterocycles. The van der Waals surface area contributed by atoms with Gasteiger partial charge in [-0.25, -0.2) is 9.59 Å². The van der Waals surface area contributed by atoms with Crippen LogP contribution >= 0.6 is 0 Å². The lowest BCUT2D eigenvalue weighted by Crippen LogP contribution is -2.38. The first kappa shape index (κ1) is 21.1. The topological polar surface area (TPSA) is 126 Å². The predicted molar refractivity (Wildman–Crippen MR) is 95.8 cm³/mol. The van der Waals surface area contributed by atoms with Gasteiger partial charge in [0.1, 0.15) is 13.1 Å². The number of imide groups is 1. The average molecular weight is 393 g/mol. The molecule has 10 nitrogen and oxygen atoms in total. The Kier molecular flexibility index (Phi) is 6.22.